The van der Waals surface area contributed by atoms with Crippen LogP contribution in [-0.2, 0) is 16.2 Å². The third kappa shape index (κ3) is 3.07. The summed E-state index contributed by atoms with van der Waals surface area (Å²) in [5.74, 6) is -1.01. The average Bonchev–Trinajstić information content (AvgIpc) is 2.76. The molecule has 0 amide bonds. The Bertz CT molecular complexity index is 725. The molecule has 0 unspecified atom stereocenters. The summed E-state index contributed by atoms with van der Waals surface area (Å²) in [6.45, 7) is 0. The number of anilines is 1. The van der Waals surface area contributed by atoms with Gasteiger partial charge in [-0.05, 0) is 12.1 Å². The van der Waals surface area contributed by atoms with Crippen LogP contribution in [0.4, 0.5) is 22.7 Å². The van der Waals surface area contributed by atoms with Crippen LogP contribution in [0.1, 0.15) is 5.69 Å². The van der Waals surface area contributed by atoms with Crippen LogP contribution >= 0.6 is 11.3 Å². The fourth-order valence-corrected chi connectivity index (χ4v) is 3.33. The van der Waals surface area contributed by atoms with Crippen molar-refractivity contribution >= 4 is 26.5 Å². The lowest BCUT2D eigenvalue weighted by atomic mass is 10.4. The molecule has 0 bridgehead atoms. The molecule has 0 atom stereocenters. The van der Waals surface area contributed by atoms with Gasteiger partial charge in [0.2, 0.25) is 0 Å². The van der Waals surface area contributed by atoms with Gasteiger partial charge in [0.05, 0.1) is 0 Å². The Balaban J connectivity index is 2.30. The number of hydrogen-bond acceptors (Lipinski definition) is 4. The molecule has 0 saturated carbocycles. The van der Waals surface area contributed by atoms with E-state index in [1.165, 1.54) is 12.1 Å². The number of halogens is 4. The minimum Gasteiger partial charge on any atom is -0.255 e. The molecule has 1 aromatic carbocycles. The summed E-state index contributed by atoms with van der Waals surface area (Å²) in [6, 6.07) is 4.51. The van der Waals surface area contributed by atoms with Gasteiger partial charge < -0.3 is 0 Å². The van der Waals surface area contributed by atoms with Gasteiger partial charge in [-0.15, -0.1) is 11.3 Å². The Morgan fingerprint density at radius 2 is 1.85 bits per heavy atom. The van der Waals surface area contributed by atoms with E-state index in [-0.39, 0.29) is 0 Å². The van der Waals surface area contributed by atoms with Crippen molar-refractivity contribution < 1.29 is 26.0 Å². The second kappa shape index (κ2) is 5.02. The summed E-state index contributed by atoms with van der Waals surface area (Å²) in [4.78, 5) is 2.44. The molecule has 0 fully saturated rings. The zero-order valence-corrected chi connectivity index (χ0v) is 11.1. The van der Waals surface area contributed by atoms with E-state index >= 15 is 0 Å². The smallest absolute Gasteiger partial charge is 0.255 e. The summed E-state index contributed by atoms with van der Waals surface area (Å²) in [5.41, 5.74) is -1.21. The van der Waals surface area contributed by atoms with Crippen molar-refractivity contribution in [2.45, 2.75) is 11.1 Å². The Hall–Kier alpha value is -1.68. The molecule has 0 saturated heterocycles. The Morgan fingerprint density at radius 3 is 2.40 bits per heavy atom. The van der Waals surface area contributed by atoms with Crippen LogP contribution in [0.5, 0.6) is 0 Å². The number of thiazole rings is 1. The minimum atomic E-state index is -4.67. The summed E-state index contributed by atoms with van der Waals surface area (Å²) in [6.07, 6.45) is -4.67. The van der Waals surface area contributed by atoms with Crippen LogP contribution in [0, 0.1) is 5.82 Å². The normalized spacial score (nSPS) is 12.4. The maximum atomic E-state index is 13.4. The molecule has 0 aliphatic heterocycles. The molecule has 0 radical (unpaired) electrons. The zero-order chi connectivity index (χ0) is 15.0. The number of benzene rings is 1. The second-order valence-electron chi connectivity index (χ2n) is 3.57. The zero-order valence-electron chi connectivity index (χ0n) is 9.48. The molecule has 4 nitrogen and oxygen atoms in total. The van der Waals surface area contributed by atoms with Crippen LogP contribution in [0.3, 0.4) is 0 Å². The highest BCUT2D eigenvalue weighted by molar-refractivity contribution is 7.93. The van der Waals surface area contributed by atoms with Gasteiger partial charge in [-0.3, -0.25) is 4.72 Å². The van der Waals surface area contributed by atoms with Crippen LogP contribution in [0.2, 0.25) is 0 Å². The lowest BCUT2D eigenvalue weighted by molar-refractivity contribution is -0.140. The maximum absolute atomic E-state index is 13.4. The van der Waals surface area contributed by atoms with Gasteiger partial charge in [0.15, 0.2) is 10.8 Å². The molecule has 1 heterocycles. The van der Waals surface area contributed by atoms with Crippen molar-refractivity contribution in [2.24, 2.45) is 0 Å². The largest absolute Gasteiger partial charge is 0.434 e. The van der Waals surface area contributed by atoms with Crippen molar-refractivity contribution in [3.63, 3.8) is 0 Å². The fourth-order valence-electron chi connectivity index (χ4n) is 1.28. The van der Waals surface area contributed by atoms with Gasteiger partial charge in [-0.25, -0.2) is 17.8 Å². The highest BCUT2D eigenvalue weighted by atomic mass is 32.2. The van der Waals surface area contributed by atoms with Gasteiger partial charge in [0.1, 0.15) is 10.7 Å². The summed E-state index contributed by atoms with van der Waals surface area (Å²) < 4.78 is 75.8. The second-order valence-corrected chi connectivity index (χ2v) is 6.08. The lowest BCUT2D eigenvalue weighted by Crippen LogP contribution is -2.15. The van der Waals surface area contributed by atoms with Gasteiger partial charge >= 0.3 is 6.18 Å². The van der Waals surface area contributed by atoms with Gasteiger partial charge in [0, 0.05) is 5.38 Å². The van der Waals surface area contributed by atoms with E-state index in [2.05, 4.69) is 4.98 Å². The number of nitrogens with one attached hydrogen (secondary N) is 1. The molecule has 10 heteroatoms. The van der Waals surface area contributed by atoms with Gasteiger partial charge in [-0.2, -0.15) is 13.2 Å². The molecule has 108 valence electrons. The molecule has 0 spiro atoms. The number of nitrogens with zero attached hydrogens (tertiary/aromatic N) is 1. The van der Waals surface area contributed by atoms with E-state index in [0.717, 1.165) is 12.1 Å². The van der Waals surface area contributed by atoms with Crippen LogP contribution < -0.4 is 4.72 Å². The summed E-state index contributed by atoms with van der Waals surface area (Å²) >= 11 is 0.460. The number of aromatic nitrogens is 1. The van der Waals surface area contributed by atoms with Crippen molar-refractivity contribution in [3.05, 3.63) is 41.2 Å². The first-order valence-corrected chi connectivity index (χ1v) is 7.36. The van der Waals surface area contributed by atoms with Crippen LogP contribution in [0.25, 0.3) is 0 Å². The van der Waals surface area contributed by atoms with Crippen molar-refractivity contribution in [1.29, 1.82) is 0 Å². The highest BCUT2D eigenvalue weighted by Crippen LogP contribution is 2.32. The van der Waals surface area contributed by atoms with Crippen LogP contribution in [-0.4, -0.2) is 13.4 Å². The Labute approximate surface area is 115 Å². The number of rotatable bonds is 3. The van der Waals surface area contributed by atoms with E-state index in [9.17, 15) is 26.0 Å². The van der Waals surface area contributed by atoms with Crippen LogP contribution in [0.15, 0.2) is 34.5 Å². The molecular formula is C10H6F4N2O2S2. The molecule has 0 aliphatic rings. The molecule has 20 heavy (non-hydrogen) atoms. The fraction of sp³-hybridized carbons (Fsp3) is 0.100. The quantitative estimate of drug-likeness (QED) is 0.882. The lowest BCUT2D eigenvalue weighted by Gasteiger charge is -2.06. The number of sulfonamides is 1. The molecule has 1 N–H and O–H groups in total. The predicted molar refractivity (Wildman–Crippen MR) is 64.3 cm³/mol. The van der Waals surface area contributed by atoms with E-state index in [1.807, 2.05) is 4.72 Å². The van der Waals surface area contributed by atoms with Gasteiger partial charge in [0.25, 0.3) is 10.0 Å². The van der Waals surface area contributed by atoms with E-state index in [4.69, 9.17) is 0 Å². The third-order valence-electron chi connectivity index (χ3n) is 2.14. The number of alkyl halides is 3. The SMILES string of the molecule is O=S(=O)(Nc1nc(C(F)(F)F)cs1)c1ccccc1F. The molecular weight excluding hydrogens is 320 g/mol. The van der Waals surface area contributed by atoms with E-state index in [0.29, 0.717) is 16.7 Å². The number of hydrogen-bond donors (Lipinski definition) is 1. The first-order chi connectivity index (χ1) is 9.20. The third-order valence-corrected chi connectivity index (χ3v) is 4.40. The highest BCUT2D eigenvalue weighted by Gasteiger charge is 2.34. The topological polar surface area (TPSA) is 59.1 Å². The Morgan fingerprint density at radius 1 is 1.20 bits per heavy atom. The minimum absolute atomic E-state index is 0.460. The first kappa shape index (κ1) is 14.7. The predicted octanol–water partition coefficient (Wildman–Crippen LogP) is 3.10. The molecule has 2 rings (SSSR count). The Kier molecular flexibility index (Phi) is 3.69. The average molecular weight is 326 g/mol. The first-order valence-electron chi connectivity index (χ1n) is 5.00. The monoisotopic (exact) mass is 326 g/mol. The molecule has 1 aromatic heterocycles. The maximum Gasteiger partial charge on any atom is 0.434 e. The standard InChI is InChI=1S/C10H6F4N2O2S2/c11-6-3-1-2-4-7(6)20(17,18)16-9-15-8(5-19-9)10(12,13)14/h1-5H,(H,15,16). The summed E-state index contributed by atoms with van der Waals surface area (Å²) in [7, 11) is -4.32. The van der Waals surface area contributed by atoms with E-state index in [1.54, 1.807) is 0 Å². The van der Waals surface area contributed by atoms with Crippen molar-refractivity contribution in [2.75, 3.05) is 4.72 Å². The van der Waals surface area contributed by atoms with Crippen molar-refractivity contribution in [3.8, 4) is 0 Å². The van der Waals surface area contributed by atoms with E-state index < -0.39 is 37.7 Å². The van der Waals surface area contributed by atoms with Gasteiger partial charge in [-0.1, -0.05) is 12.1 Å². The van der Waals surface area contributed by atoms with Crippen molar-refractivity contribution in [1.82, 2.24) is 4.98 Å². The molecule has 2 aromatic rings. The summed E-state index contributed by atoms with van der Waals surface area (Å²) in [5, 5.41) is 0.180. The molecule has 0 aliphatic carbocycles.